The van der Waals surface area contributed by atoms with Crippen LogP contribution in [0.2, 0.25) is 0 Å². The Kier molecular flexibility index (Phi) is 5.94. The summed E-state index contributed by atoms with van der Waals surface area (Å²) in [7, 11) is 6.33. The second-order valence-corrected chi connectivity index (χ2v) is 4.34. The van der Waals surface area contributed by atoms with Crippen molar-refractivity contribution in [3.63, 3.8) is 0 Å². The van der Waals surface area contributed by atoms with Crippen molar-refractivity contribution in [1.82, 2.24) is 0 Å². The maximum Gasteiger partial charge on any atom is 0.332 e. The molecule has 4 nitrogen and oxygen atoms in total. The van der Waals surface area contributed by atoms with E-state index in [1.807, 2.05) is 6.92 Å². The van der Waals surface area contributed by atoms with E-state index >= 15 is 0 Å². The van der Waals surface area contributed by atoms with Gasteiger partial charge in [-0.15, -0.1) is 0 Å². The summed E-state index contributed by atoms with van der Waals surface area (Å²) in [5, 5.41) is 8.41. The van der Waals surface area contributed by atoms with Gasteiger partial charge in [0.1, 0.15) is 7.85 Å². The van der Waals surface area contributed by atoms with Gasteiger partial charge in [0.05, 0.1) is 13.2 Å². The first-order chi connectivity index (χ1) is 9.36. The number of hydrogen-bond donors (Lipinski definition) is 1. The fraction of sp³-hybridized carbons (Fsp3) is 0.462. The molecule has 20 heavy (non-hydrogen) atoms. The summed E-state index contributed by atoms with van der Waals surface area (Å²) in [5.41, 5.74) is -0.219. The average molecular weight is 284 g/mol. The summed E-state index contributed by atoms with van der Waals surface area (Å²) in [6.07, 6.45) is 1.12. The van der Waals surface area contributed by atoms with Gasteiger partial charge in [0.25, 0.3) is 0 Å². The van der Waals surface area contributed by atoms with Crippen molar-refractivity contribution >= 4 is 19.3 Å². The van der Waals surface area contributed by atoms with Gasteiger partial charge in [0, 0.05) is 0 Å². The quantitative estimate of drug-likeness (QED) is 0.834. The molecule has 0 spiro atoms. The number of carboxylic acids is 1. The van der Waals surface area contributed by atoms with Gasteiger partial charge in [0.2, 0.25) is 0 Å². The van der Waals surface area contributed by atoms with Crippen LogP contribution in [-0.4, -0.2) is 38.2 Å². The van der Waals surface area contributed by atoms with Crippen LogP contribution in [0.5, 0.6) is 5.75 Å². The molecular formula is C13H15BF2O4. The van der Waals surface area contributed by atoms with Crippen LogP contribution in [-0.2, 0) is 9.53 Å². The SMILES string of the molecule is CC1CCC(C(=O)O)O1.[B]c1ccc(OC)c(F)c1F. The minimum Gasteiger partial charge on any atom is -0.494 e. The molecule has 1 aromatic carbocycles. The molecule has 0 amide bonds. The van der Waals surface area contributed by atoms with E-state index in [9.17, 15) is 13.6 Å². The maximum atomic E-state index is 12.7. The molecular weight excluding hydrogens is 269 g/mol. The summed E-state index contributed by atoms with van der Waals surface area (Å²) in [5.74, 6) is -3.09. The molecule has 0 bridgehead atoms. The summed E-state index contributed by atoms with van der Waals surface area (Å²) >= 11 is 0. The standard InChI is InChI=1S/C7H5BF2O.C6H10O3/c1-11-5-3-2-4(8)6(9)7(5)10;1-4-2-3-5(9-4)6(7)8/h2-3H,1H3;4-5H,2-3H2,1H3,(H,7,8). The molecule has 0 aromatic heterocycles. The lowest BCUT2D eigenvalue weighted by Gasteiger charge is -2.03. The normalized spacial score (nSPS) is 21.0. The third-order valence-corrected chi connectivity index (χ3v) is 2.80. The monoisotopic (exact) mass is 284 g/mol. The lowest BCUT2D eigenvalue weighted by molar-refractivity contribution is -0.149. The summed E-state index contributed by atoms with van der Waals surface area (Å²) in [6, 6.07) is 2.52. The zero-order valence-corrected chi connectivity index (χ0v) is 11.2. The molecule has 0 aliphatic carbocycles. The zero-order chi connectivity index (χ0) is 15.3. The lowest BCUT2D eigenvalue weighted by Crippen LogP contribution is -2.19. The van der Waals surface area contributed by atoms with Crippen molar-refractivity contribution in [1.29, 1.82) is 0 Å². The smallest absolute Gasteiger partial charge is 0.332 e. The Hall–Kier alpha value is -1.63. The summed E-state index contributed by atoms with van der Waals surface area (Å²) in [4.78, 5) is 10.2. The van der Waals surface area contributed by atoms with E-state index in [0.717, 1.165) is 6.42 Å². The Morgan fingerprint density at radius 3 is 2.45 bits per heavy atom. The van der Waals surface area contributed by atoms with Gasteiger partial charge in [-0.2, -0.15) is 4.39 Å². The summed E-state index contributed by atoms with van der Waals surface area (Å²) < 4.78 is 34.8. The average Bonchev–Trinajstić information content (AvgIpc) is 2.84. The fourth-order valence-electron chi connectivity index (χ4n) is 1.69. The molecule has 1 N–H and O–H groups in total. The minimum absolute atomic E-state index is 0.131. The Morgan fingerprint density at radius 2 is 2.05 bits per heavy atom. The molecule has 1 heterocycles. The van der Waals surface area contributed by atoms with Crippen molar-refractivity contribution in [2.45, 2.75) is 32.0 Å². The highest BCUT2D eigenvalue weighted by molar-refractivity contribution is 6.32. The number of carboxylic acid groups (broad SMARTS) is 1. The van der Waals surface area contributed by atoms with Crippen LogP contribution in [0.25, 0.3) is 0 Å². The van der Waals surface area contributed by atoms with E-state index in [-0.39, 0.29) is 17.3 Å². The fourth-order valence-corrected chi connectivity index (χ4v) is 1.69. The summed E-state index contributed by atoms with van der Waals surface area (Å²) in [6.45, 7) is 1.89. The number of rotatable bonds is 2. The third kappa shape index (κ3) is 4.20. The van der Waals surface area contributed by atoms with Crippen molar-refractivity contribution in [2.75, 3.05) is 7.11 Å². The second-order valence-electron chi connectivity index (χ2n) is 4.34. The molecule has 1 aliphatic rings. The Labute approximate surface area is 117 Å². The number of carbonyl (C=O) groups is 1. The Bertz CT molecular complexity index is 482. The highest BCUT2D eigenvalue weighted by Gasteiger charge is 2.27. The van der Waals surface area contributed by atoms with E-state index in [2.05, 4.69) is 4.74 Å². The predicted molar refractivity (Wildman–Crippen MR) is 69.5 cm³/mol. The molecule has 2 atom stereocenters. The molecule has 7 heteroatoms. The van der Waals surface area contributed by atoms with E-state index < -0.39 is 23.7 Å². The topological polar surface area (TPSA) is 55.8 Å². The first-order valence-corrected chi connectivity index (χ1v) is 6.02. The molecule has 2 radical (unpaired) electrons. The second kappa shape index (κ2) is 7.24. The van der Waals surface area contributed by atoms with Gasteiger partial charge in [-0.1, -0.05) is 11.5 Å². The lowest BCUT2D eigenvalue weighted by atomic mass is 9.95. The number of methoxy groups -OCH3 is 1. The maximum absolute atomic E-state index is 12.7. The van der Waals surface area contributed by atoms with E-state index in [1.165, 1.54) is 19.2 Å². The number of aliphatic carboxylic acids is 1. The highest BCUT2D eigenvalue weighted by Crippen LogP contribution is 2.18. The third-order valence-electron chi connectivity index (χ3n) is 2.80. The number of hydrogen-bond acceptors (Lipinski definition) is 3. The molecule has 1 aliphatic heterocycles. The molecule has 2 unspecified atom stereocenters. The van der Waals surface area contributed by atoms with Crippen LogP contribution in [0.4, 0.5) is 8.78 Å². The molecule has 108 valence electrons. The van der Waals surface area contributed by atoms with Gasteiger partial charge >= 0.3 is 5.97 Å². The van der Waals surface area contributed by atoms with Crippen LogP contribution < -0.4 is 10.2 Å². The van der Waals surface area contributed by atoms with Crippen LogP contribution in [0.3, 0.4) is 0 Å². The van der Waals surface area contributed by atoms with Gasteiger partial charge in [-0.25, -0.2) is 9.18 Å². The van der Waals surface area contributed by atoms with Crippen LogP contribution >= 0.6 is 0 Å². The minimum atomic E-state index is -1.07. The zero-order valence-electron chi connectivity index (χ0n) is 11.2. The molecule has 2 rings (SSSR count). The van der Waals surface area contributed by atoms with Crippen molar-refractivity contribution in [2.24, 2.45) is 0 Å². The molecule has 1 fully saturated rings. The Morgan fingerprint density at radius 1 is 1.40 bits per heavy atom. The van der Waals surface area contributed by atoms with Gasteiger partial charge < -0.3 is 14.6 Å². The molecule has 1 saturated heterocycles. The number of benzene rings is 1. The first-order valence-electron chi connectivity index (χ1n) is 6.02. The van der Waals surface area contributed by atoms with Gasteiger partial charge in [0.15, 0.2) is 23.5 Å². The van der Waals surface area contributed by atoms with E-state index in [1.54, 1.807) is 0 Å². The largest absolute Gasteiger partial charge is 0.494 e. The number of halogens is 2. The Balaban J connectivity index is 0.000000204. The van der Waals surface area contributed by atoms with Crippen LogP contribution in [0.1, 0.15) is 19.8 Å². The predicted octanol–water partition coefficient (Wildman–Crippen LogP) is 1.41. The van der Waals surface area contributed by atoms with Crippen molar-refractivity contribution in [3.05, 3.63) is 23.8 Å². The van der Waals surface area contributed by atoms with Gasteiger partial charge in [-0.3, -0.25) is 0 Å². The van der Waals surface area contributed by atoms with Crippen LogP contribution in [0.15, 0.2) is 12.1 Å². The van der Waals surface area contributed by atoms with E-state index in [4.69, 9.17) is 17.7 Å². The highest BCUT2D eigenvalue weighted by atomic mass is 19.2. The van der Waals surface area contributed by atoms with E-state index in [0.29, 0.717) is 6.42 Å². The van der Waals surface area contributed by atoms with Crippen molar-refractivity contribution < 1.29 is 28.2 Å². The molecule has 1 aromatic rings. The first kappa shape index (κ1) is 16.4. The van der Waals surface area contributed by atoms with Gasteiger partial charge in [-0.05, 0) is 25.8 Å². The number of ether oxygens (including phenoxy) is 2. The van der Waals surface area contributed by atoms with Crippen LogP contribution in [0, 0.1) is 11.6 Å². The molecule has 0 saturated carbocycles. The van der Waals surface area contributed by atoms with Crippen molar-refractivity contribution in [3.8, 4) is 5.75 Å².